The Hall–Kier alpha value is -0.720. The van der Waals surface area contributed by atoms with Crippen LogP contribution in [0.25, 0.3) is 0 Å². The fraction of sp³-hybridized carbons (Fsp3) is 0.875. The number of hydrogen-bond donors (Lipinski definition) is 0. The van der Waals surface area contributed by atoms with Gasteiger partial charge in [-0.1, -0.05) is 0 Å². The molecule has 1 aliphatic carbocycles. The van der Waals surface area contributed by atoms with Crippen molar-refractivity contribution in [3.63, 3.8) is 0 Å². The van der Waals surface area contributed by atoms with E-state index < -0.39 is 32.7 Å². The highest BCUT2D eigenvalue weighted by Gasteiger charge is 2.49. The van der Waals surface area contributed by atoms with Gasteiger partial charge < -0.3 is 4.74 Å². The maximum Gasteiger partial charge on any atom is 0.336 e. The molecule has 1 rings (SSSR count). The fourth-order valence-corrected chi connectivity index (χ4v) is 2.79. The maximum absolute atomic E-state index is 12.1. The molecule has 0 spiro atoms. The number of hydrogen-bond acceptors (Lipinski definition) is 4. The second-order valence-corrected chi connectivity index (χ2v) is 5.79. The van der Waals surface area contributed by atoms with Crippen molar-refractivity contribution in [1.29, 1.82) is 0 Å². The molecule has 0 aromatic rings. The summed E-state index contributed by atoms with van der Waals surface area (Å²) >= 11 is 0. The Balaban J connectivity index is 2.62. The summed E-state index contributed by atoms with van der Waals surface area (Å²) in [5.41, 5.74) is -0.803. The predicted molar refractivity (Wildman–Crippen MR) is 48.1 cm³/mol. The SMILES string of the molecule is COC(=O)CC1(CS(=O)(=O)C(F)F)CC1. The van der Waals surface area contributed by atoms with Crippen molar-refractivity contribution in [3.05, 3.63) is 0 Å². The molecule has 0 bridgehead atoms. The highest BCUT2D eigenvalue weighted by molar-refractivity contribution is 7.91. The first kappa shape index (κ1) is 12.4. The molecule has 0 radical (unpaired) electrons. The lowest BCUT2D eigenvalue weighted by atomic mass is 10.1. The smallest absolute Gasteiger partial charge is 0.336 e. The molecule has 1 aliphatic rings. The molecule has 1 saturated carbocycles. The van der Waals surface area contributed by atoms with Gasteiger partial charge >= 0.3 is 11.7 Å². The Bertz CT molecular complexity index is 346. The first-order valence-corrected chi connectivity index (χ1v) is 6.09. The van der Waals surface area contributed by atoms with Gasteiger partial charge in [0.15, 0.2) is 0 Å². The van der Waals surface area contributed by atoms with E-state index in [1.165, 1.54) is 7.11 Å². The lowest BCUT2D eigenvalue weighted by molar-refractivity contribution is -0.141. The third kappa shape index (κ3) is 3.12. The highest BCUT2D eigenvalue weighted by Crippen LogP contribution is 2.50. The number of esters is 1. The minimum Gasteiger partial charge on any atom is -0.469 e. The molecule has 0 N–H and O–H groups in total. The van der Waals surface area contributed by atoms with Gasteiger partial charge in [-0.25, -0.2) is 8.42 Å². The molecule has 0 amide bonds. The normalized spacial score (nSPS) is 18.9. The van der Waals surface area contributed by atoms with Gasteiger partial charge in [-0.3, -0.25) is 4.79 Å². The van der Waals surface area contributed by atoms with Crippen molar-refractivity contribution >= 4 is 15.8 Å². The molecular weight excluding hydrogens is 230 g/mol. The van der Waals surface area contributed by atoms with Gasteiger partial charge in [-0.15, -0.1) is 0 Å². The van der Waals surface area contributed by atoms with Crippen LogP contribution in [0.3, 0.4) is 0 Å². The van der Waals surface area contributed by atoms with E-state index in [1.807, 2.05) is 0 Å². The van der Waals surface area contributed by atoms with Gasteiger partial charge in [0, 0.05) is 0 Å². The van der Waals surface area contributed by atoms with E-state index in [0.29, 0.717) is 12.8 Å². The Kier molecular flexibility index (Phi) is 3.32. The lowest BCUT2D eigenvalue weighted by Gasteiger charge is -2.13. The molecule has 1 fully saturated rings. The van der Waals surface area contributed by atoms with Crippen LogP contribution in [-0.2, 0) is 19.4 Å². The molecule has 0 atom stereocenters. The van der Waals surface area contributed by atoms with Crippen LogP contribution in [0.2, 0.25) is 0 Å². The van der Waals surface area contributed by atoms with Gasteiger partial charge in [-0.2, -0.15) is 8.78 Å². The van der Waals surface area contributed by atoms with Crippen LogP contribution in [0, 0.1) is 5.41 Å². The van der Waals surface area contributed by atoms with Crippen LogP contribution >= 0.6 is 0 Å². The number of carbonyl (C=O) groups is 1. The standard InChI is InChI=1S/C8H12F2O4S/c1-14-6(11)4-8(2-3-8)5-15(12,13)7(9)10/h7H,2-5H2,1H3. The van der Waals surface area contributed by atoms with E-state index in [9.17, 15) is 22.0 Å². The van der Waals surface area contributed by atoms with E-state index in [2.05, 4.69) is 4.74 Å². The zero-order chi connectivity index (χ0) is 11.7. The Morgan fingerprint density at radius 2 is 2.00 bits per heavy atom. The first-order chi connectivity index (χ1) is 6.81. The van der Waals surface area contributed by atoms with Crippen LogP contribution < -0.4 is 0 Å². The number of ether oxygens (including phenoxy) is 1. The van der Waals surface area contributed by atoms with Gasteiger partial charge in [0.2, 0.25) is 9.84 Å². The summed E-state index contributed by atoms with van der Waals surface area (Å²) in [4.78, 5) is 10.9. The molecule has 0 aliphatic heterocycles. The second-order valence-electron chi connectivity index (χ2n) is 3.82. The second kappa shape index (κ2) is 4.03. The van der Waals surface area contributed by atoms with Crippen molar-refractivity contribution in [2.75, 3.05) is 12.9 Å². The van der Waals surface area contributed by atoms with Crippen molar-refractivity contribution in [2.24, 2.45) is 5.41 Å². The van der Waals surface area contributed by atoms with Crippen LogP contribution in [0.1, 0.15) is 19.3 Å². The van der Waals surface area contributed by atoms with E-state index in [1.54, 1.807) is 0 Å². The summed E-state index contributed by atoms with van der Waals surface area (Å²) in [7, 11) is -3.21. The van der Waals surface area contributed by atoms with Crippen molar-refractivity contribution < 1.29 is 26.7 Å². The predicted octanol–water partition coefficient (Wildman–Crippen LogP) is 0.967. The minimum absolute atomic E-state index is 0.102. The number of sulfone groups is 1. The zero-order valence-corrected chi connectivity index (χ0v) is 9.02. The van der Waals surface area contributed by atoms with E-state index in [4.69, 9.17) is 0 Å². The molecule has 0 saturated heterocycles. The minimum atomic E-state index is -4.39. The number of rotatable bonds is 5. The Labute approximate surface area is 86.5 Å². The number of carbonyl (C=O) groups excluding carboxylic acids is 1. The van der Waals surface area contributed by atoms with Gasteiger partial charge in [-0.05, 0) is 18.3 Å². The quantitative estimate of drug-likeness (QED) is 0.674. The molecule has 0 unspecified atom stereocenters. The lowest BCUT2D eigenvalue weighted by Crippen LogP contribution is -2.25. The third-order valence-corrected chi connectivity index (χ3v) is 4.04. The van der Waals surface area contributed by atoms with Crippen molar-refractivity contribution in [1.82, 2.24) is 0 Å². The fourth-order valence-electron chi connectivity index (χ4n) is 1.42. The van der Waals surface area contributed by atoms with Crippen LogP contribution in [-0.4, -0.2) is 33.0 Å². The molecule has 7 heteroatoms. The van der Waals surface area contributed by atoms with Crippen molar-refractivity contribution in [2.45, 2.75) is 25.0 Å². The molecule has 4 nitrogen and oxygen atoms in total. The zero-order valence-electron chi connectivity index (χ0n) is 8.20. The molecular formula is C8H12F2O4S. The topological polar surface area (TPSA) is 60.4 Å². The largest absolute Gasteiger partial charge is 0.469 e. The molecule has 0 heterocycles. The van der Waals surface area contributed by atoms with Crippen molar-refractivity contribution in [3.8, 4) is 0 Å². The van der Waals surface area contributed by atoms with E-state index in [0.717, 1.165) is 0 Å². The van der Waals surface area contributed by atoms with Crippen LogP contribution in [0.15, 0.2) is 0 Å². The summed E-state index contributed by atoms with van der Waals surface area (Å²) in [6.45, 7) is 0. The summed E-state index contributed by atoms with van der Waals surface area (Å²) < 4.78 is 50.5. The molecule has 88 valence electrons. The number of alkyl halides is 2. The van der Waals surface area contributed by atoms with E-state index >= 15 is 0 Å². The number of halogens is 2. The highest BCUT2D eigenvalue weighted by atomic mass is 32.2. The maximum atomic E-state index is 12.1. The molecule has 15 heavy (non-hydrogen) atoms. The Morgan fingerprint density at radius 1 is 1.47 bits per heavy atom. The Morgan fingerprint density at radius 3 is 2.33 bits per heavy atom. The summed E-state index contributed by atoms with van der Waals surface area (Å²) in [5, 5.41) is 0. The van der Waals surface area contributed by atoms with Gasteiger partial charge in [0.05, 0.1) is 19.3 Å². The first-order valence-electron chi connectivity index (χ1n) is 4.38. The summed E-state index contributed by atoms with van der Waals surface area (Å²) in [6, 6.07) is 0. The third-order valence-electron chi connectivity index (χ3n) is 2.48. The molecule has 0 aromatic heterocycles. The average Bonchev–Trinajstić information content (AvgIpc) is 2.83. The number of methoxy groups -OCH3 is 1. The van der Waals surface area contributed by atoms with Crippen LogP contribution in [0.5, 0.6) is 0 Å². The monoisotopic (exact) mass is 242 g/mol. The van der Waals surface area contributed by atoms with Gasteiger partial charge in [0.1, 0.15) is 0 Å². The van der Waals surface area contributed by atoms with Crippen LogP contribution in [0.4, 0.5) is 8.78 Å². The average molecular weight is 242 g/mol. The van der Waals surface area contributed by atoms with Gasteiger partial charge in [0.25, 0.3) is 0 Å². The summed E-state index contributed by atoms with van der Waals surface area (Å²) in [5.74, 6) is -4.56. The van der Waals surface area contributed by atoms with E-state index in [-0.39, 0.29) is 6.42 Å². The molecule has 0 aromatic carbocycles. The summed E-state index contributed by atoms with van der Waals surface area (Å²) in [6.07, 6.45) is 0.859.